The predicted octanol–water partition coefficient (Wildman–Crippen LogP) is 0.969. The molecular formula is C9H15NO2. The van der Waals surface area contributed by atoms with Crippen molar-refractivity contribution < 1.29 is 9.90 Å². The molecule has 1 aliphatic rings. The highest BCUT2D eigenvalue weighted by molar-refractivity contribution is 5.79. The Morgan fingerprint density at radius 1 is 1.75 bits per heavy atom. The van der Waals surface area contributed by atoms with Crippen LogP contribution < -0.4 is 0 Å². The Morgan fingerprint density at radius 2 is 2.50 bits per heavy atom. The number of carbonyl (C=O) groups is 1. The molecule has 0 amide bonds. The lowest BCUT2D eigenvalue weighted by molar-refractivity contribution is -0.131. The Morgan fingerprint density at radius 3 is 3.00 bits per heavy atom. The molecule has 0 bridgehead atoms. The maximum absolute atomic E-state index is 10.1. The lowest BCUT2D eigenvalue weighted by atomic mass is 10.2. The van der Waals surface area contributed by atoms with Gasteiger partial charge in [-0.15, -0.1) is 0 Å². The molecule has 0 saturated carbocycles. The van der Waals surface area contributed by atoms with Crippen LogP contribution in [-0.2, 0) is 4.79 Å². The molecule has 3 heteroatoms. The summed E-state index contributed by atoms with van der Waals surface area (Å²) in [5, 5.41) is 8.33. The first-order chi connectivity index (χ1) is 5.68. The van der Waals surface area contributed by atoms with Crippen LogP contribution in [0.2, 0.25) is 0 Å². The van der Waals surface area contributed by atoms with Crippen molar-refractivity contribution in [2.75, 3.05) is 19.6 Å². The van der Waals surface area contributed by atoms with E-state index in [1.807, 2.05) is 0 Å². The van der Waals surface area contributed by atoms with Crippen molar-refractivity contribution in [3.8, 4) is 0 Å². The molecule has 1 N–H and O–H groups in total. The van der Waals surface area contributed by atoms with Gasteiger partial charge in [0.1, 0.15) is 0 Å². The second-order valence-corrected chi connectivity index (χ2v) is 3.39. The summed E-state index contributed by atoms with van der Waals surface area (Å²) in [6, 6.07) is 0. The first-order valence-corrected chi connectivity index (χ1v) is 4.30. The highest BCUT2D eigenvalue weighted by Crippen LogP contribution is 2.13. The standard InChI is InChI=1S/C9H15NO2/c1-8-4-6-10(7-8)5-2-3-9(11)12/h2-3,8H,4-7H2,1H3,(H,11,12). The van der Waals surface area contributed by atoms with Crippen molar-refractivity contribution >= 4 is 5.97 Å². The number of carboxylic acids is 1. The zero-order valence-electron chi connectivity index (χ0n) is 7.36. The minimum Gasteiger partial charge on any atom is -0.478 e. The monoisotopic (exact) mass is 169 g/mol. The van der Waals surface area contributed by atoms with Crippen LogP contribution in [0.15, 0.2) is 12.2 Å². The van der Waals surface area contributed by atoms with Crippen molar-refractivity contribution in [3.63, 3.8) is 0 Å². The van der Waals surface area contributed by atoms with Crippen LogP contribution in [0.3, 0.4) is 0 Å². The molecule has 1 rings (SSSR count). The fourth-order valence-corrected chi connectivity index (χ4v) is 1.49. The Hall–Kier alpha value is -0.830. The van der Waals surface area contributed by atoms with Crippen molar-refractivity contribution in [1.82, 2.24) is 4.90 Å². The predicted molar refractivity (Wildman–Crippen MR) is 47.0 cm³/mol. The van der Waals surface area contributed by atoms with Crippen molar-refractivity contribution in [1.29, 1.82) is 0 Å². The van der Waals surface area contributed by atoms with Gasteiger partial charge in [-0.25, -0.2) is 4.79 Å². The molecule has 3 nitrogen and oxygen atoms in total. The van der Waals surface area contributed by atoms with Crippen molar-refractivity contribution in [3.05, 3.63) is 12.2 Å². The van der Waals surface area contributed by atoms with Crippen LogP contribution in [0, 0.1) is 5.92 Å². The average molecular weight is 169 g/mol. The molecule has 1 fully saturated rings. The van der Waals surface area contributed by atoms with Gasteiger partial charge in [-0.05, 0) is 18.9 Å². The van der Waals surface area contributed by atoms with Crippen LogP contribution in [0.5, 0.6) is 0 Å². The molecule has 1 aliphatic heterocycles. The zero-order chi connectivity index (χ0) is 8.97. The molecule has 12 heavy (non-hydrogen) atoms. The summed E-state index contributed by atoms with van der Waals surface area (Å²) in [6.07, 6.45) is 4.16. The molecule has 1 heterocycles. The molecule has 0 aromatic rings. The maximum Gasteiger partial charge on any atom is 0.328 e. The second-order valence-electron chi connectivity index (χ2n) is 3.39. The number of rotatable bonds is 3. The zero-order valence-corrected chi connectivity index (χ0v) is 7.36. The van der Waals surface area contributed by atoms with Gasteiger partial charge < -0.3 is 5.11 Å². The number of likely N-dealkylation sites (tertiary alicyclic amines) is 1. The molecule has 0 aromatic heterocycles. The summed E-state index contributed by atoms with van der Waals surface area (Å²) in [5.41, 5.74) is 0. The van der Waals surface area contributed by atoms with E-state index in [9.17, 15) is 4.79 Å². The highest BCUT2D eigenvalue weighted by Gasteiger charge is 2.16. The van der Waals surface area contributed by atoms with E-state index in [1.54, 1.807) is 6.08 Å². The Kier molecular flexibility index (Phi) is 3.29. The Labute approximate surface area is 72.7 Å². The summed E-state index contributed by atoms with van der Waals surface area (Å²) in [6.45, 7) is 5.20. The first kappa shape index (κ1) is 9.26. The van der Waals surface area contributed by atoms with Crippen LogP contribution in [0.1, 0.15) is 13.3 Å². The van der Waals surface area contributed by atoms with Gasteiger partial charge in [0.25, 0.3) is 0 Å². The number of carboxylic acid groups (broad SMARTS) is 1. The van der Waals surface area contributed by atoms with E-state index in [0.717, 1.165) is 25.6 Å². The van der Waals surface area contributed by atoms with Crippen LogP contribution in [0.25, 0.3) is 0 Å². The van der Waals surface area contributed by atoms with Gasteiger partial charge in [0.15, 0.2) is 0 Å². The van der Waals surface area contributed by atoms with Gasteiger partial charge in [0.2, 0.25) is 0 Å². The van der Waals surface area contributed by atoms with E-state index in [2.05, 4.69) is 11.8 Å². The minimum atomic E-state index is -0.859. The molecule has 1 atom stereocenters. The molecule has 0 aromatic carbocycles. The van der Waals surface area contributed by atoms with Gasteiger partial charge in [-0.1, -0.05) is 13.0 Å². The number of hydrogen-bond donors (Lipinski definition) is 1. The summed E-state index contributed by atoms with van der Waals surface area (Å²) in [7, 11) is 0. The minimum absolute atomic E-state index is 0.767. The van der Waals surface area contributed by atoms with Gasteiger partial charge in [-0.2, -0.15) is 0 Å². The maximum atomic E-state index is 10.1. The van der Waals surface area contributed by atoms with Gasteiger partial charge >= 0.3 is 5.97 Å². The Balaban J connectivity index is 2.20. The normalized spacial score (nSPS) is 25.2. The quantitative estimate of drug-likeness (QED) is 0.640. The molecular weight excluding hydrogens is 154 g/mol. The van der Waals surface area contributed by atoms with Gasteiger partial charge in [-0.3, -0.25) is 4.90 Å². The van der Waals surface area contributed by atoms with Crippen LogP contribution >= 0.6 is 0 Å². The van der Waals surface area contributed by atoms with Crippen LogP contribution in [-0.4, -0.2) is 35.6 Å². The van der Waals surface area contributed by atoms with E-state index < -0.39 is 5.97 Å². The third-order valence-electron chi connectivity index (χ3n) is 2.13. The number of nitrogens with zero attached hydrogens (tertiary/aromatic N) is 1. The van der Waals surface area contributed by atoms with Gasteiger partial charge in [0.05, 0.1) is 0 Å². The summed E-state index contributed by atoms with van der Waals surface area (Å²) in [5.74, 6) is -0.0922. The number of aliphatic carboxylic acids is 1. The van der Waals surface area contributed by atoms with E-state index in [-0.39, 0.29) is 0 Å². The van der Waals surface area contributed by atoms with E-state index >= 15 is 0 Å². The number of hydrogen-bond acceptors (Lipinski definition) is 2. The smallest absolute Gasteiger partial charge is 0.328 e. The van der Waals surface area contributed by atoms with E-state index in [0.29, 0.717) is 0 Å². The Bertz CT molecular complexity index is 189. The third kappa shape index (κ3) is 3.05. The fraction of sp³-hybridized carbons (Fsp3) is 0.667. The summed E-state index contributed by atoms with van der Waals surface area (Å²) in [4.78, 5) is 12.4. The van der Waals surface area contributed by atoms with Crippen LogP contribution in [0.4, 0.5) is 0 Å². The molecule has 1 unspecified atom stereocenters. The van der Waals surface area contributed by atoms with Gasteiger partial charge in [0, 0.05) is 19.2 Å². The first-order valence-electron chi connectivity index (χ1n) is 4.30. The molecule has 0 radical (unpaired) electrons. The second kappa shape index (κ2) is 4.26. The largest absolute Gasteiger partial charge is 0.478 e. The van der Waals surface area contributed by atoms with E-state index in [1.165, 1.54) is 12.5 Å². The lowest BCUT2D eigenvalue weighted by Crippen LogP contribution is -2.20. The van der Waals surface area contributed by atoms with E-state index in [4.69, 9.17) is 5.11 Å². The molecule has 68 valence electrons. The molecule has 1 saturated heterocycles. The van der Waals surface area contributed by atoms with Crippen molar-refractivity contribution in [2.45, 2.75) is 13.3 Å². The summed E-state index contributed by atoms with van der Waals surface area (Å²) < 4.78 is 0. The third-order valence-corrected chi connectivity index (χ3v) is 2.13. The molecule has 0 aliphatic carbocycles. The van der Waals surface area contributed by atoms with Crippen molar-refractivity contribution in [2.24, 2.45) is 5.92 Å². The average Bonchev–Trinajstić information content (AvgIpc) is 2.35. The highest BCUT2D eigenvalue weighted by atomic mass is 16.4. The summed E-state index contributed by atoms with van der Waals surface area (Å²) >= 11 is 0. The fourth-order valence-electron chi connectivity index (χ4n) is 1.49. The molecule has 0 spiro atoms. The topological polar surface area (TPSA) is 40.5 Å². The lowest BCUT2D eigenvalue weighted by Gasteiger charge is -2.10. The SMILES string of the molecule is CC1CCN(CC=CC(=O)O)C1.